The van der Waals surface area contributed by atoms with E-state index >= 15 is 0 Å². The molecule has 0 aromatic rings. The van der Waals surface area contributed by atoms with E-state index in [-0.39, 0.29) is 0 Å². The van der Waals surface area contributed by atoms with Crippen molar-refractivity contribution in [3.8, 4) is 0 Å². The lowest BCUT2D eigenvalue weighted by Crippen LogP contribution is -2.57. The second-order valence-electron chi connectivity index (χ2n) is 6.53. The Bertz CT molecular complexity index is 246. The fourth-order valence-electron chi connectivity index (χ4n) is 3.71. The SMILES string of the molecule is CCC1(CC)CCN(C(C)(CN)C2CC2)CC1. The average Bonchev–Trinajstić information content (AvgIpc) is 3.22. The van der Waals surface area contributed by atoms with Crippen molar-refractivity contribution in [3.05, 3.63) is 0 Å². The second kappa shape index (κ2) is 4.89. The van der Waals surface area contributed by atoms with Gasteiger partial charge in [-0.15, -0.1) is 0 Å². The minimum absolute atomic E-state index is 0.299. The van der Waals surface area contributed by atoms with Gasteiger partial charge in [0.15, 0.2) is 0 Å². The van der Waals surface area contributed by atoms with Crippen LogP contribution in [0.15, 0.2) is 0 Å². The molecular formula is C15H30N2. The van der Waals surface area contributed by atoms with Crippen LogP contribution < -0.4 is 5.73 Å². The Morgan fingerprint density at radius 3 is 2.06 bits per heavy atom. The Labute approximate surface area is 107 Å². The number of hydrogen-bond acceptors (Lipinski definition) is 2. The summed E-state index contributed by atoms with van der Waals surface area (Å²) in [5.41, 5.74) is 7.00. The predicted molar refractivity (Wildman–Crippen MR) is 74.0 cm³/mol. The molecule has 1 unspecified atom stereocenters. The molecule has 2 aliphatic rings. The number of piperidine rings is 1. The van der Waals surface area contributed by atoms with Crippen LogP contribution >= 0.6 is 0 Å². The zero-order chi connectivity index (χ0) is 12.5. The first-order valence-electron chi connectivity index (χ1n) is 7.55. The van der Waals surface area contributed by atoms with Crippen LogP contribution in [0.1, 0.15) is 59.3 Å². The average molecular weight is 238 g/mol. The zero-order valence-corrected chi connectivity index (χ0v) is 12.0. The first kappa shape index (κ1) is 13.4. The highest BCUT2D eigenvalue weighted by Gasteiger charge is 2.46. The van der Waals surface area contributed by atoms with E-state index in [9.17, 15) is 0 Å². The van der Waals surface area contributed by atoms with Gasteiger partial charge in [-0.2, -0.15) is 0 Å². The van der Waals surface area contributed by atoms with Crippen LogP contribution in [0, 0.1) is 11.3 Å². The van der Waals surface area contributed by atoms with E-state index in [1.807, 2.05) is 0 Å². The molecule has 0 aromatic heterocycles. The van der Waals surface area contributed by atoms with E-state index in [4.69, 9.17) is 5.73 Å². The highest BCUT2D eigenvalue weighted by molar-refractivity contribution is 5.02. The number of rotatable bonds is 5. The monoisotopic (exact) mass is 238 g/mol. The highest BCUT2D eigenvalue weighted by Crippen LogP contribution is 2.46. The quantitative estimate of drug-likeness (QED) is 0.798. The van der Waals surface area contributed by atoms with Crippen molar-refractivity contribution < 1.29 is 0 Å². The molecule has 0 spiro atoms. The summed E-state index contributed by atoms with van der Waals surface area (Å²) >= 11 is 0. The van der Waals surface area contributed by atoms with Crippen LogP contribution in [0.25, 0.3) is 0 Å². The van der Waals surface area contributed by atoms with Crippen LogP contribution in [-0.2, 0) is 0 Å². The fraction of sp³-hybridized carbons (Fsp3) is 1.00. The minimum atomic E-state index is 0.299. The van der Waals surface area contributed by atoms with Crippen LogP contribution in [0.5, 0.6) is 0 Å². The van der Waals surface area contributed by atoms with E-state index in [0.717, 1.165) is 12.5 Å². The van der Waals surface area contributed by atoms with Gasteiger partial charge in [0, 0.05) is 12.1 Å². The number of nitrogens with zero attached hydrogens (tertiary/aromatic N) is 1. The predicted octanol–water partition coefficient (Wildman–Crippen LogP) is 3.02. The minimum Gasteiger partial charge on any atom is -0.329 e. The zero-order valence-electron chi connectivity index (χ0n) is 12.0. The maximum absolute atomic E-state index is 6.07. The van der Waals surface area contributed by atoms with Crippen molar-refractivity contribution in [3.63, 3.8) is 0 Å². The number of likely N-dealkylation sites (tertiary alicyclic amines) is 1. The smallest absolute Gasteiger partial charge is 0.0331 e. The Hall–Kier alpha value is -0.0800. The van der Waals surface area contributed by atoms with Crippen LogP contribution in [-0.4, -0.2) is 30.1 Å². The summed E-state index contributed by atoms with van der Waals surface area (Å²) in [7, 11) is 0. The van der Waals surface area contributed by atoms with Crippen molar-refractivity contribution in [2.45, 2.75) is 64.8 Å². The fourth-order valence-corrected chi connectivity index (χ4v) is 3.71. The summed E-state index contributed by atoms with van der Waals surface area (Å²) in [5.74, 6) is 0.878. The summed E-state index contributed by atoms with van der Waals surface area (Å²) < 4.78 is 0. The largest absolute Gasteiger partial charge is 0.329 e. The van der Waals surface area contributed by atoms with E-state index < -0.39 is 0 Å². The van der Waals surface area contributed by atoms with Gasteiger partial charge in [-0.25, -0.2) is 0 Å². The lowest BCUT2D eigenvalue weighted by atomic mass is 9.73. The molecule has 2 rings (SSSR count). The third-order valence-corrected chi connectivity index (χ3v) is 5.92. The summed E-state index contributed by atoms with van der Waals surface area (Å²) in [6, 6.07) is 0. The van der Waals surface area contributed by atoms with Gasteiger partial charge in [0.25, 0.3) is 0 Å². The molecule has 1 saturated heterocycles. The molecule has 1 heterocycles. The van der Waals surface area contributed by atoms with Gasteiger partial charge >= 0.3 is 0 Å². The van der Waals surface area contributed by atoms with Crippen molar-refractivity contribution in [1.82, 2.24) is 4.90 Å². The van der Waals surface area contributed by atoms with Gasteiger partial charge in [-0.05, 0) is 57.0 Å². The number of nitrogens with two attached hydrogens (primary N) is 1. The third-order valence-electron chi connectivity index (χ3n) is 5.92. The Morgan fingerprint density at radius 2 is 1.71 bits per heavy atom. The molecule has 1 aliphatic heterocycles. The third kappa shape index (κ3) is 2.39. The van der Waals surface area contributed by atoms with Gasteiger partial charge in [0.05, 0.1) is 0 Å². The van der Waals surface area contributed by atoms with Gasteiger partial charge in [-0.1, -0.05) is 26.7 Å². The van der Waals surface area contributed by atoms with Crippen LogP contribution in [0.4, 0.5) is 0 Å². The maximum atomic E-state index is 6.07. The number of hydrogen-bond donors (Lipinski definition) is 1. The summed E-state index contributed by atoms with van der Waals surface area (Å²) in [6.45, 7) is 10.5. The lowest BCUT2D eigenvalue weighted by Gasteiger charge is -2.49. The van der Waals surface area contributed by atoms with Gasteiger partial charge < -0.3 is 5.73 Å². The summed E-state index contributed by atoms with van der Waals surface area (Å²) in [5, 5.41) is 0. The Balaban J connectivity index is 1.98. The molecule has 1 atom stereocenters. The highest BCUT2D eigenvalue weighted by atomic mass is 15.2. The molecule has 0 aromatic carbocycles. The van der Waals surface area contributed by atoms with Gasteiger partial charge in [0.2, 0.25) is 0 Å². The molecule has 1 aliphatic carbocycles. The molecule has 100 valence electrons. The normalized spacial score (nSPS) is 28.9. The molecule has 0 radical (unpaired) electrons. The summed E-state index contributed by atoms with van der Waals surface area (Å²) in [6.07, 6.45) is 8.25. The van der Waals surface area contributed by atoms with Crippen molar-refractivity contribution in [2.75, 3.05) is 19.6 Å². The van der Waals surface area contributed by atoms with Crippen LogP contribution in [0.3, 0.4) is 0 Å². The van der Waals surface area contributed by atoms with E-state index in [0.29, 0.717) is 11.0 Å². The molecule has 2 fully saturated rings. The van der Waals surface area contributed by atoms with Gasteiger partial charge in [-0.3, -0.25) is 4.90 Å². The first-order valence-corrected chi connectivity index (χ1v) is 7.55. The molecule has 0 amide bonds. The molecule has 2 N–H and O–H groups in total. The summed E-state index contributed by atoms with van der Waals surface area (Å²) in [4.78, 5) is 2.70. The molecule has 2 nitrogen and oxygen atoms in total. The van der Waals surface area contributed by atoms with Crippen LogP contribution in [0.2, 0.25) is 0 Å². The Morgan fingerprint density at radius 1 is 1.18 bits per heavy atom. The molecule has 1 saturated carbocycles. The van der Waals surface area contributed by atoms with Crippen molar-refractivity contribution >= 4 is 0 Å². The molecule has 0 bridgehead atoms. The molecule has 17 heavy (non-hydrogen) atoms. The molecule has 2 heteroatoms. The Kier molecular flexibility index (Phi) is 3.84. The lowest BCUT2D eigenvalue weighted by molar-refractivity contribution is 0.0138. The molecular weight excluding hydrogens is 208 g/mol. The van der Waals surface area contributed by atoms with Crippen molar-refractivity contribution in [1.29, 1.82) is 0 Å². The second-order valence-corrected chi connectivity index (χ2v) is 6.53. The topological polar surface area (TPSA) is 29.3 Å². The first-order chi connectivity index (χ1) is 8.10. The van der Waals surface area contributed by atoms with E-state index in [1.165, 1.54) is 51.6 Å². The maximum Gasteiger partial charge on any atom is 0.0331 e. The van der Waals surface area contributed by atoms with E-state index in [1.54, 1.807) is 0 Å². The van der Waals surface area contributed by atoms with Crippen molar-refractivity contribution in [2.24, 2.45) is 17.1 Å². The van der Waals surface area contributed by atoms with Gasteiger partial charge in [0.1, 0.15) is 0 Å². The van der Waals surface area contributed by atoms with E-state index in [2.05, 4.69) is 25.7 Å². The standard InChI is InChI=1S/C15H30N2/c1-4-15(5-2)8-10-17(11-9-15)14(3,12-16)13-6-7-13/h13H,4-12,16H2,1-3H3.